The molecular formula is C31H29F6N3O5. The van der Waals surface area contributed by atoms with Crippen molar-refractivity contribution < 1.29 is 50.5 Å². The zero-order chi connectivity index (χ0) is 32.5. The molecule has 0 spiro atoms. The summed E-state index contributed by atoms with van der Waals surface area (Å²) in [5.41, 5.74) is -2.10. The first-order valence-corrected chi connectivity index (χ1v) is 14.1. The molecule has 1 aliphatic carbocycles. The topological polar surface area (TPSA) is 109 Å². The summed E-state index contributed by atoms with van der Waals surface area (Å²) in [5.74, 6) is -7.77. The number of amides is 1. The fourth-order valence-electron chi connectivity index (χ4n) is 6.34. The Morgan fingerprint density at radius 3 is 2.07 bits per heavy atom. The Kier molecular flexibility index (Phi) is 8.88. The van der Waals surface area contributed by atoms with Gasteiger partial charge in [-0.15, -0.1) is 13.2 Å². The van der Waals surface area contributed by atoms with Crippen LogP contribution in [0.2, 0.25) is 0 Å². The Balaban J connectivity index is 1.65. The van der Waals surface area contributed by atoms with Crippen LogP contribution in [-0.4, -0.2) is 36.1 Å². The zero-order valence-electron chi connectivity index (χ0n) is 23.8. The van der Waals surface area contributed by atoms with Gasteiger partial charge in [-0.1, -0.05) is 31.4 Å². The summed E-state index contributed by atoms with van der Waals surface area (Å²) in [4.78, 5) is 25.9. The number of carbonyl (C=O) groups excluding carboxylic acids is 1. The minimum Gasteiger partial charge on any atom is -0.478 e. The van der Waals surface area contributed by atoms with E-state index >= 15 is 0 Å². The maximum Gasteiger partial charge on any atom is 0.573 e. The number of benzene rings is 3. The molecule has 3 aromatic carbocycles. The van der Waals surface area contributed by atoms with Crippen molar-refractivity contribution in [2.75, 3.05) is 23.1 Å². The number of aromatic carboxylic acids is 1. The van der Waals surface area contributed by atoms with E-state index in [0.29, 0.717) is 24.5 Å². The summed E-state index contributed by atoms with van der Waals surface area (Å²) < 4.78 is 92.7. The van der Waals surface area contributed by atoms with Gasteiger partial charge in [0.1, 0.15) is 11.9 Å². The first-order chi connectivity index (χ1) is 21.3. The molecule has 0 aromatic heterocycles. The normalized spacial score (nSPS) is 17.4. The number of carboxylic acid groups (broad SMARTS) is 1. The Labute approximate surface area is 253 Å². The number of carboxylic acids is 1. The highest BCUT2D eigenvalue weighted by Crippen LogP contribution is 2.51. The number of hydrogen-bond acceptors (Lipinski definition) is 6. The van der Waals surface area contributed by atoms with Gasteiger partial charge in [-0.2, -0.15) is 0 Å². The van der Waals surface area contributed by atoms with Crippen LogP contribution in [-0.2, 0) is 9.53 Å². The summed E-state index contributed by atoms with van der Waals surface area (Å²) in [6.07, 6.45) is -2.96. The summed E-state index contributed by atoms with van der Waals surface area (Å²) in [5, 5.41) is 18.1. The second-order valence-corrected chi connectivity index (χ2v) is 11.0. The summed E-state index contributed by atoms with van der Waals surface area (Å²) in [7, 11) is 1.33. The quantitative estimate of drug-likeness (QED) is 0.181. The highest BCUT2D eigenvalue weighted by atomic mass is 19.4. The van der Waals surface area contributed by atoms with Gasteiger partial charge in [-0.3, -0.25) is 4.79 Å². The molecule has 1 heterocycles. The van der Waals surface area contributed by atoms with E-state index in [1.54, 1.807) is 0 Å². The van der Waals surface area contributed by atoms with Gasteiger partial charge >= 0.3 is 12.3 Å². The van der Waals surface area contributed by atoms with E-state index in [0.717, 1.165) is 43.5 Å². The summed E-state index contributed by atoms with van der Waals surface area (Å²) >= 11 is 0. The SMILES string of the molecule is COC(c1ccc(F)cc1)C1(C(C(=O)Nc2ccc(C(=O)O)cc2OC(F)(F)F)C2CCCCC2)Nc2cc(F)c(F)cc2N1. The molecule has 0 bridgehead atoms. The highest BCUT2D eigenvalue weighted by Gasteiger charge is 2.56. The molecule has 4 N–H and O–H groups in total. The van der Waals surface area contributed by atoms with Gasteiger partial charge in [-0.25, -0.2) is 18.0 Å². The van der Waals surface area contributed by atoms with E-state index in [2.05, 4.69) is 20.7 Å². The van der Waals surface area contributed by atoms with Gasteiger partial charge < -0.3 is 30.5 Å². The van der Waals surface area contributed by atoms with Crippen LogP contribution in [0.4, 0.5) is 43.4 Å². The molecule has 8 nitrogen and oxygen atoms in total. The van der Waals surface area contributed by atoms with E-state index in [9.17, 15) is 41.0 Å². The van der Waals surface area contributed by atoms with Gasteiger partial charge in [0.2, 0.25) is 5.91 Å². The van der Waals surface area contributed by atoms with E-state index in [-0.39, 0.29) is 11.4 Å². The first kappa shape index (κ1) is 31.9. The number of carbonyl (C=O) groups is 2. The van der Waals surface area contributed by atoms with Crippen LogP contribution in [0.3, 0.4) is 0 Å². The third kappa shape index (κ3) is 6.65. The summed E-state index contributed by atoms with van der Waals surface area (Å²) in [6, 6.07) is 9.66. The minimum absolute atomic E-state index is 0.0959. The van der Waals surface area contributed by atoms with Crippen molar-refractivity contribution in [2.45, 2.75) is 50.2 Å². The molecule has 14 heteroatoms. The lowest BCUT2D eigenvalue weighted by Crippen LogP contribution is -2.60. The van der Waals surface area contributed by atoms with Crippen molar-refractivity contribution >= 4 is 28.9 Å². The lowest BCUT2D eigenvalue weighted by Gasteiger charge is -2.46. The maximum atomic E-state index is 14.4. The molecule has 5 rings (SSSR count). The second-order valence-electron chi connectivity index (χ2n) is 11.0. The number of methoxy groups -OCH3 is 1. The van der Waals surface area contributed by atoms with Crippen LogP contribution in [0, 0.1) is 29.3 Å². The average molecular weight is 638 g/mol. The van der Waals surface area contributed by atoms with Crippen LogP contribution in [0.1, 0.15) is 54.1 Å². The van der Waals surface area contributed by atoms with Crippen molar-refractivity contribution in [1.82, 2.24) is 0 Å². The average Bonchev–Trinajstić information content (AvgIpc) is 3.33. The van der Waals surface area contributed by atoms with Crippen molar-refractivity contribution in [2.24, 2.45) is 11.8 Å². The van der Waals surface area contributed by atoms with Crippen LogP contribution in [0.25, 0.3) is 0 Å². The fraction of sp³-hybridized carbons (Fsp3) is 0.355. The molecule has 1 fully saturated rings. The molecule has 240 valence electrons. The van der Waals surface area contributed by atoms with Crippen molar-refractivity contribution in [3.05, 3.63) is 83.2 Å². The predicted molar refractivity (Wildman–Crippen MR) is 151 cm³/mol. The first-order valence-electron chi connectivity index (χ1n) is 14.1. The van der Waals surface area contributed by atoms with Gasteiger partial charge in [0, 0.05) is 19.2 Å². The van der Waals surface area contributed by atoms with Crippen LogP contribution >= 0.6 is 0 Å². The molecule has 1 aliphatic heterocycles. The predicted octanol–water partition coefficient (Wildman–Crippen LogP) is 7.46. The van der Waals surface area contributed by atoms with E-state index in [1.807, 2.05) is 0 Å². The lowest BCUT2D eigenvalue weighted by atomic mass is 9.70. The van der Waals surface area contributed by atoms with Crippen LogP contribution < -0.4 is 20.7 Å². The number of ether oxygens (including phenoxy) is 2. The molecule has 2 unspecified atom stereocenters. The van der Waals surface area contributed by atoms with E-state index < -0.39 is 76.3 Å². The number of alkyl halides is 3. The van der Waals surface area contributed by atoms with Gasteiger partial charge in [0.05, 0.1) is 28.5 Å². The Morgan fingerprint density at radius 1 is 0.933 bits per heavy atom. The van der Waals surface area contributed by atoms with Gasteiger partial charge in [0.25, 0.3) is 0 Å². The smallest absolute Gasteiger partial charge is 0.478 e. The van der Waals surface area contributed by atoms with Crippen molar-refractivity contribution in [3.8, 4) is 5.75 Å². The molecule has 2 aliphatic rings. The van der Waals surface area contributed by atoms with E-state index in [4.69, 9.17) is 4.74 Å². The maximum absolute atomic E-state index is 14.4. The number of hydrogen-bond donors (Lipinski definition) is 4. The Morgan fingerprint density at radius 2 is 1.53 bits per heavy atom. The van der Waals surface area contributed by atoms with Gasteiger partial charge in [-0.05, 0) is 54.7 Å². The fourth-order valence-corrected chi connectivity index (χ4v) is 6.34. The molecule has 0 saturated heterocycles. The third-order valence-electron chi connectivity index (χ3n) is 8.17. The monoisotopic (exact) mass is 637 g/mol. The molecule has 1 saturated carbocycles. The zero-order valence-corrected chi connectivity index (χ0v) is 23.8. The molecule has 2 atom stereocenters. The highest BCUT2D eigenvalue weighted by molar-refractivity contribution is 5.98. The number of rotatable bonds is 9. The molecule has 3 aromatic rings. The third-order valence-corrected chi connectivity index (χ3v) is 8.17. The van der Waals surface area contributed by atoms with Crippen LogP contribution in [0.15, 0.2) is 54.6 Å². The van der Waals surface area contributed by atoms with E-state index in [1.165, 1.54) is 31.4 Å². The van der Waals surface area contributed by atoms with Crippen molar-refractivity contribution in [3.63, 3.8) is 0 Å². The Bertz CT molecular complexity index is 1550. The molecule has 1 amide bonds. The minimum atomic E-state index is -5.21. The summed E-state index contributed by atoms with van der Waals surface area (Å²) in [6.45, 7) is 0. The molecule has 0 radical (unpaired) electrons. The second kappa shape index (κ2) is 12.5. The Hall–Kier alpha value is -4.46. The standard InChI is InChI=1S/C31H29F6N3O5/c1-44-27(17-7-10-19(32)11-8-17)30(39-23-14-20(33)21(34)15-24(23)40-30)26(16-5-3-2-4-6-16)28(41)38-22-12-9-18(29(42)43)13-25(22)45-31(35,36)37/h7-16,26-27,39-40H,2-6H2,1H3,(H,38,41)(H,42,43). The number of fused-ring (bicyclic) bond motifs is 1. The lowest BCUT2D eigenvalue weighted by molar-refractivity contribution is -0.274. The molecule has 45 heavy (non-hydrogen) atoms. The number of anilines is 3. The number of halogens is 6. The largest absolute Gasteiger partial charge is 0.573 e. The molecular weight excluding hydrogens is 608 g/mol. The van der Waals surface area contributed by atoms with Crippen molar-refractivity contribution in [1.29, 1.82) is 0 Å². The number of nitrogens with one attached hydrogen (secondary N) is 3. The van der Waals surface area contributed by atoms with Crippen LogP contribution in [0.5, 0.6) is 5.75 Å². The van der Waals surface area contributed by atoms with Gasteiger partial charge in [0.15, 0.2) is 23.0 Å².